The van der Waals surface area contributed by atoms with Crippen LogP contribution in [0.4, 0.5) is 4.39 Å². The van der Waals surface area contributed by atoms with Gasteiger partial charge in [-0.25, -0.2) is 0 Å². The molecule has 0 aliphatic rings. The number of halogens is 1. The number of fused-ring (bicyclic) bond motifs is 1. The van der Waals surface area contributed by atoms with Gasteiger partial charge in [0.15, 0.2) is 0 Å². The van der Waals surface area contributed by atoms with Crippen molar-refractivity contribution in [3.63, 3.8) is 0 Å². The quantitative estimate of drug-likeness (QED) is 0.130. The Hall–Kier alpha value is -3.76. The Morgan fingerprint density at radius 2 is 1.47 bits per heavy atom. The third-order valence-corrected chi connectivity index (χ3v) is 9.66. The van der Waals surface area contributed by atoms with Gasteiger partial charge >= 0.3 is 0 Å². The van der Waals surface area contributed by atoms with Crippen molar-refractivity contribution in [1.82, 2.24) is 9.97 Å². The molecule has 0 atom stereocenters. The number of aromatic nitrogens is 2. The minimum absolute atomic E-state index is 0. The summed E-state index contributed by atoms with van der Waals surface area (Å²) < 4.78 is 12.8. The zero-order chi connectivity index (χ0) is 29.7. The average Bonchev–Trinajstić information content (AvgIpc) is 3.02. The standard InChI is InChI=1S/C24H20N.C14H15FNSi.Ir/c1-24(2,19-11-4-3-5-12-19)20-15-16-25-23(17-20)22-14-8-10-18-9-6-7-13-21(18)22;1-17(2,3)13-8-9-14(16-10-13)11-4-6-12(15)7-5-11;/h3-13,15-17H,1-2H3;4,6-10H,1-3H3;/q2*-1;. The maximum atomic E-state index is 12.8. The van der Waals surface area contributed by atoms with E-state index in [4.69, 9.17) is 0 Å². The van der Waals surface area contributed by atoms with Crippen molar-refractivity contribution in [2.24, 2.45) is 0 Å². The van der Waals surface area contributed by atoms with Gasteiger partial charge in [-0.15, -0.1) is 59.0 Å². The van der Waals surface area contributed by atoms with Crippen molar-refractivity contribution >= 4 is 24.0 Å². The van der Waals surface area contributed by atoms with Crippen LogP contribution >= 0.6 is 0 Å². The molecule has 1 radical (unpaired) electrons. The monoisotopic (exact) mass is 759 g/mol. The van der Waals surface area contributed by atoms with Crippen molar-refractivity contribution in [3.8, 4) is 22.5 Å². The van der Waals surface area contributed by atoms with Crippen molar-refractivity contribution in [1.29, 1.82) is 0 Å². The van der Waals surface area contributed by atoms with E-state index in [1.54, 1.807) is 6.07 Å². The molecule has 0 fully saturated rings. The third-order valence-electron chi connectivity index (χ3n) is 7.63. The SMILES string of the molecule is CC(C)(c1ccccc1)c1ccnc(-c2[c-]ccc3ccccc23)c1.C[Si](C)(C)c1ccc(-c2[c-]cc(F)cc2)nc1.[Ir]. The summed E-state index contributed by atoms with van der Waals surface area (Å²) in [6.45, 7) is 11.4. The molecule has 2 nitrogen and oxygen atoms in total. The Kier molecular flexibility index (Phi) is 10.2. The van der Waals surface area contributed by atoms with Gasteiger partial charge in [0.2, 0.25) is 0 Å². The van der Waals surface area contributed by atoms with Gasteiger partial charge in [-0.05, 0) is 33.8 Å². The molecule has 5 heteroatoms. The maximum absolute atomic E-state index is 12.8. The van der Waals surface area contributed by atoms with Crippen molar-refractivity contribution in [3.05, 3.63) is 151 Å². The molecule has 0 aliphatic heterocycles. The number of rotatable bonds is 5. The fourth-order valence-corrected chi connectivity index (χ4v) is 5.95. The van der Waals surface area contributed by atoms with Crippen LogP contribution in [0, 0.1) is 17.9 Å². The predicted molar refractivity (Wildman–Crippen MR) is 176 cm³/mol. The Labute approximate surface area is 269 Å². The van der Waals surface area contributed by atoms with Gasteiger partial charge in [0, 0.05) is 43.7 Å². The summed E-state index contributed by atoms with van der Waals surface area (Å²) >= 11 is 0. The Balaban J connectivity index is 0.000000207. The molecule has 6 aromatic rings. The van der Waals surface area contributed by atoms with Gasteiger partial charge in [-0.2, -0.15) is 0 Å². The number of benzene rings is 4. The van der Waals surface area contributed by atoms with Gasteiger partial charge in [0.1, 0.15) is 0 Å². The molecule has 2 heterocycles. The zero-order valence-electron chi connectivity index (χ0n) is 25.2. The Morgan fingerprint density at radius 1 is 0.721 bits per heavy atom. The van der Waals surface area contributed by atoms with Gasteiger partial charge in [-0.3, -0.25) is 4.39 Å². The van der Waals surface area contributed by atoms with Crippen LogP contribution in [0.2, 0.25) is 19.6 Å². The molecule has 0 saturated heterocycles. The van der Waals surface area contributed by atoms with Crippen LogP contribution in [-0.2, 0) is 25.5 Å². The molecule has 0 spiro atoms. The summed E-state index contributed by atoms with van der Waals surface area (Å²) in [5.74, 6) is -0.271. The number of hydrogen-bond acceptors (Lipinski definition) is 2. The van der Waals surface area contributed by atoms with Crippen molar-refractivity contribution in [2.45, 2.75) is 38.9 Å². The van der Waals surface area contributed by atoms with Gasteiger partial charge < -0.3 is 9.97 Å². The minimum Gasteiger partial charge on any atom is -0.305 e. The van der Waals surface area contributed by atoms with Crippen LogP contribution in [0.3, 0.4) is 0 Å². The molecule has 0 bridgehead atoms. The molecule has 219 valence electrons. The fourth-order valence-electron chi connectivity index (χ4n) is 4.91. The second kappa shape index (κ2) is 13.7. The normalized spacial score (nSPS) is 11.3. The second-order valence-electron chi connectivity index (χ2n) is 12.0. The number of pyridine rings is 2. The van der Waals surface area contributed by atoms with Crippen LogP contribution in [-0.4, -0.2) is 18.0 Å². The second-order valence-corrected chi connectivity index (χ2v) is 17.0. The molecule has 0 unspecified atom stereocenters. The molecule has 0 aliphatic carbocycles. The van der Waals surface area contributed by atoms with Gasteiger partial charge in [0.05, 0.1) is 8.07 Å². The third kappa shape index (κ3) is 7.61. The summed E-state index contributed by atoms with van der Waals surface area (Å²) in [6, 6.07) is 42.2. The van der Waals surface area contributed by atoms with E-state index in [1.165, 1.54) is 39.2 Å². The number of hydrogen-bond donors (Lipinski definition) is 0. The first-order chi connectivity index (χ1) is 20.1. The Morgan fingerprint density at radius 3 is 2.14 bits per heavy atom. The van der Waals surface area contributed by atoms with E-state index < -0.39 is 8.07 Å². The fraction of sp³-hybridized carbons (Fsp3) is 0.158. The first kappa shape index (κ1) is 32.2. The smallest absolute Gasteiger partial charge is 0.0795 e. The topological polar surface area (TPSA) is 25.8 Å². The molecule has 4 aromatic carbocycles. The van der Waals surface area contributed by atoms with E-state index in [0.29, 0.717) is 0 Å². The largest absolute Gasteiger partial charge is 0.305 e. The van der Waals surface area contributed by atoms with Crippen LogP contribution in [0.1, 0.15) is 25.0 Å². The van der Waals surface area contributed by atoms with E-state index in [-0.39, 0.29) is 31.3 Å². The molecular formula is C38H35FIrN2Si-2. The Bertz CT molecular complexity index is 1770. The summed E-state index contributed by atoms with van der Waals surface area (Å²) in [4.78, 5) is 9.06. The molecular weight excluding hydrogens is 724 g/mol. The molecule has 2 aromatic heterocycles. The summed E-state index contributed by atoms with van der Waals surface area (Å²) in [6.07, 6.45) is 3.84. The van der Waals surface area contributed by atoms with Gasteiger partial charge in [0.25, 0.3) is 0 Å². The molecule has 6 rings (SSSR count). The summed E-state index contributed by atoms with van der Waals surface area (Å²) in [5.41, 5.74) is 6.17. The van der Waals surface area contributed by atoms with Crippen molar-refractivity contribution < 1.29 is 24.5 Å². The first-order valence-electron chi connectivity index (χ1n) is 14.2. The maximum Gasteiger partial charge on any atom is 0.0795 e. The van der Waals surface area contributed by atoms with Crippen LogP contribution in [0.25, 0.3) is 33.3 Å². The van der Waals surface area contributed by atoms with E-state index in [0.717, 1.165) is 22.5 Å². The van der Waals surface area contributed by atoms with E-state index in [9.17, 15) is 4.39 Å². The zero-order valence-corrected chi connectivity index (χ0v) is 28.5. The van der Waals surface area contributed by atoms with Crippen LogP contribution < -0.4 is 5.19 Å². The summed E-state index contributed by atoms with van der Waals surface area (Å²) in [7, 11) is -1.30. The van der Waals surface area contributed by atoms with Gasteiger partial charge in [-0.1, -0.05) is 112 Å². The van der Waals surface area contributed by atoms with Crippen molar-refractivity contribution in [2.75, 3.05) is 0 Å². The molecule has 0 saturated carbocycles. The van der Waals surface area contributed by atoms with Crippen LogP contribution in [0.5, 0.6) is 0 Å². The van der Waals surface area contributed by atoms with E-state index in [1.807, 2.05) is 24.5 Å². The molecule has 0 amide bonds. The van der Waals surface area contributed by atoms with Crippen LogP contribution in [0.15, 0.2) is 122 Å². The first-order valence-corrected chi connectivity index (χ1v) is 17.7. The predicted octanol–water partition coefficient (Wildman–Crippen LogP) is 9.26. The van der Waals surface area contributed by atoms with E-state index in [2.05, 4.69) is 134 Å². The number of nitrogens with zero attached hydrogens (tertiary/aromatic N) is 2. The van der Waals surface area contributed by atoms with E-state index >= 15 is 0 Å². The summed E-state index contributed by atoms with van der Waals surface area (Å²) in [5, 5.41) is 3.72. The molecule has 43 heavy (non-hydrogen) atoms. The minimum atomic E-state index is -1.30. The average molecular weight is 759 g/mol. The molecule has 0 N–H and O–H groups in total.